The van der Waals surface area contributed by atoms with Gasteiger partial charge < -0.3 is 29.6 Å². The van der Waals surface area contributed by atoms with E-state index in [2.05, 4.69) is 93.7 Å². The number of hydrogen-bond donors (Lipinski definition) is 2. The number of hydrogen-bond acceptors (Lipinski definition) is 6. The molecule has 0 saturated heterocycles. The van der Waals surface area contributed by atoms with Crippen LogP contribution >= 0.6 is 0 Å². The molecule has 0 aromatic rings. The van der Waals surface area contributed by atoms with Crippen LogP contribution in [-0.2, 0) is 28.5 Å². The number of unbranched alkanes of at least 4 members (excludes halogenated alkanes) is 3. The first-order valence-electron chi connectivity index (χ1n) is 22.6. The van der Waals surface area contributed by atoms with Gasteiger partial charge in [-0.3, -0.25) is 9.59 Å². The lowest BCUT2D eigenvalue weighted by molar-refractivity contribution is -0.122. The largest absolute Gasteiger partial charge is 0.381 e. The van der Waals surface area contributed by atoms with Gasteiger partial charge in [-0.1, -0.05) is 149 Å². The Bertz CT molecular complexity index is 721. The molecule has 0 heterocycles. The van der Waals surface area contributed by atoms with E-state index in [0.717, 1.165) is 63.8 Å². The summed E-state index contributed by atoms with van der Waals surface area (Å²) < 4.78 is 21.7. The van der Waals surface area contributed by atoms with Crippen LogP contribution in [0.5, 0.6) is 0 Å². The maximum Gasteiger partial charge on any atom is 0.220 e. The van der Waals surface area contributed by atoms with Crippen LogP contribution in [0.2, 0.25) is 0 Å². The molecule has 2 N–H and O–H groups in total. The second-order valence-corrected chi connectivity index (χ2v) is 18.6. The molecule has 55 heavy (non-hydrogen) atoms. The zero-order chi connectivity index (χ0) is 42.9. The third kappa shape index (κ3) is 71.0. The molecular weight excluding hydrogens is 689 g/mol. The molecule has 0 aliphatic heterocycles. The average Bonchev–Trinajstić information content (AvgIpc) is 3.05. The van der Waals surface area contributed by atoms with Gasteiger partial charge in [-0.15, -0.1) is 0 Å². The molecule has 0 spiro atoms. The highest BCUT2D eigenvalue weighted by atomic mass is 16.5. The van der Waals surface area contributed by atoms with Crippen LogP contribution in [0.3, 0.4) is 0 Å². The lowest BCUT2D eigenvalue weighted by atomic mass is 10.1. The molecule has 0 aliphatic rings. The second-order valence-electron chi connectivity index (χ2n) is 18.6. The van der Waals surface area contributed by atoms with Crippen molar-refractivity contribution in [2.24, 2.45) is 47.3 Å². The van der Waals surface area contributed by atoms with Crippen molar-refractivity contribution >= 4 is 11.8 Å². The number of amides is 2. The summed E-state index contributed by atoms with van der Waals surface area (Å²) in [7, 11) is 0. The number of carbonyl (C=O) groups is 2. The SMILES string of the molecule is CC(C)CCCCOCC(C)C.CC(C)CCCCOCC(C)C.CC(C)CCCCOCCNC(=O)CC(C)C.CC(C)COCCNC(=O)CC(C)C. The lowest BCUT2D eigenvalue weighted by Crippen LogP contribution is -2.28. The molecule has 0 fully saturated rings. The fraction of sp³-hybridized carbons (Fsp3) is 0.957. The van der Waals surface area contributed by atoms with Gasteiger partial charge in [0.25, 0.3) is 0 Å². The Hall–Kier alpha value is -1.22. The van der Waals surface area contributed by atoms with E-state index in [1.807, 2.05) is 27.7 Å². The second kappa shape index (κ2) is 45.5. The van der Waals surface area contributed by atoms with Crippen LogP contribution in [0.1, 0.15) is 181 Å². The van der Waals surface area contributed by atoms with Gasteiger partial charge in [-0.2, -0.15) is 0 Å². The highest BCUT2D eigenvalue weighted by Gasteiger charge is 2.04. The summed E-state index contributed by atoms with van der Waals surface area (Å²) in [5.41, 5.74) is 0. The summed E-state index contributed by atoms with van der Waals surface area (Å²) in [5.74, 6) is 5.47. The quantitative estimate of drug-likeness (QED) is 0.0679. The van der Waals surface area contributed by atoms with E-state index >= 15 is 0 Å². The van der Waals surface area contributed by atoms with E-state index in [1.165, 1.54) is 51.4 Å². The van der Waals surface area contributed by atoms with E-state index in [1.54, 1.807) is 0 Å². The summed E-state index contributed by atoms with van der Waals surface area (Å²) in [6.45, 7) is 42.5. The molecule has 0 rings (SSSR count). The summed E-state index contributed by atoms with van der Waals surface area (Å²) in [5, 5.41) is 5.68. The van der Waals surface area contributed by atoms with Crippen LogP contribution in [0.4, 0.5) is 0 Å². The van der Waals surface area contributed by atoms with E-state index in [9.17, 15) is 9.59 Å². The first kappa shape index (κ1) is 60.5. The van der Waals surface area contributed by atoms with Crippen molar-refractivity contribution in [2.45, 2.75) is 181 Å². The molecule has 0 aromatic heterocycles. The van der Waals surface area contributed by atoms with E-state index < -0.39 is 0 Å². The van der Waals surface area contributed by atoms with Crippen LogP contribution in [0.25, 0.3) is 0 Å². The van der Waals surface area contributed by atoms with Crippen molar-refractivity contribution < 1.29 is 28.5 Å². The Morgan fingerprint density at radius 1 is 0.345 bits per heavy atom. The van der Waals surface area contributed by atoms with Gasteiger partial charge in [0.05, 0.1) is 13.2 Å². The molecule has 0 aliphatic carbocycles. The smallest absolute Gasteiger partial charge is 0.220 e. The van der Waals surface area contributed by atoms with Gasteiger partial charge in [-0.25, -0.2) is 0 Å². The standard InChI is InChI=1S/C14H29NO2.C11H23NO2.2C11H24O/c1-12(2)7-5-6-9-17-10-8-15-14(16)11-13(3)4;1-9(2)7-11(13)12-5-6-14-8-10(3)4;2*1-10(2)7-5-6-8-12-9-11(3)4/h12-13H,5-11H2,1-4H3,(H,15,16);9-10H,5-8H2,1-4H3,(H,12,13);2*10-11H,5-9H2,1-4H3. The Labute approximate surface area is 344 Å². The van der Waals surface area contributed by atoms with Crippen molar-refractivity contribution in [1.29, 1.82) is 0 Å². The maximum absolute atomic E-state index is 11.3. The Morgan fingerprint density at radius 3 is 0.891 bits per heavy atom. The summed E-state index contributed by atoms with van der Waals surface area (Å²) in [6.07, 6.45) is 12.6. The molecular formula is C47H100N2O6. The first-order valence-corrected chi connectivity index (χ1v) is 22.6. The number of nitrogens with one attached hydrogen (secondary N) is 2. The van der Waals surface area contributed by atoms with E-state index in [-0.39, 0.29) is 11.8 Å². The zero-order valence-corrected chi connectivity index (χ0v) is 39.9. The summed E-state index contributed by atoms with van der Waals surface area (Å²) >= 11 is 0. The molecule has 0 atom stereocenters. The fourth-order valence-corrected chi connectivity index (χ4v) is 4.74. The van der Waals surface area contributed by atoms with Crippen molar-refractivity contribution in [3.8, 4) is 0 Å². The molecule has 0 aromatic carbocycles. The van der Waals surface area contributed by atoms with Gasteiger partial charge in [0.2, 0.25) is 11.8 Å². The minimum Gasteiger partial charge on any atom is -0.381 e. The Balaban J connectivity index is -0.000000319. The molecule has 0 saturated carbocycles. The van der Waals surface area contributed by atoms with Crippen LogP contribution in [-0.4, -0.2) is 77.8 Å². The Kier molecular flexibility index (Phi) is 50.0. The normalized spacial score (nSPS) is 11.3. The highest BCUT2D eigenvalue weighted by molar-refractivity contribution is 5.76. The maximum atomic E-state index is 11.3. The van der Waals surface area contributed by atoms with Crippen molar-refractivity contribution in [3.63, 3.8) is 0 Å². The van der Waals surface area contributed by atoms with E-state index in [0.29, 0.717) is 68.7 Å². The van der Waals surface area contributed by atoms with Gasteiger partial charge >= 0.3 is 0 Å². The third-order valence-electron chi connectivity index (χ3n) is 7.64. The average molecular weight is 789 g/mol. The van der Waals surface area contributed by atoms with Crippen molar-refractivity contribution in [1.82, 2.24) is 10.6 Å². The van der Waals surface area contributed by atoms with Gasteiger partial charge in [0.1, 0.15) is 0 Å². The molecule has 0 radical (unpaired) electrons. The third-order valence-corrected chi connectivity index (χ3v) is 7.64. The number of ether oxygens (including phenoxy) is 4. The molecule has 0 unspecified atom stereocenters. The van der Waals surface area contributed by atoms with Crippen molar-refractivity contribution in [2.75, 3.05) is 65.9 Å². The fourth-order valence-electron chi connectivity index (χ4n) is 4.74. The number of rotatable bonds is 31. The molecule has 0 bridgehead atoms. The summed E-state index contributed by atoms with van der Waals surface area (Å²) in [6, 6.07) is 0. The van der Waals surface area contributed by atoms with Gasteiger partial charge in [0, 0.05) is 65.6 Å². The zero-order valence-electron chi connectivity index (χ0n) is 39.9. The Morgan fingerprint density at radius 2 is 0.618 bits per heavy atom. The predicted octanol–water partition coefficient (Wildman–Crippen LogP) is 11.8. The van der Waals surface area contributed by atoms with Gasteiger partial charge in [0.15, 0.2) is 0 Å². The monoisotopic (exact) mass is 789 g/mol. The van der Waals surface area contributed by atoms with Gasteiger partial charge in [-0.05, 0) is 66.6 Å². The minimum atomic E-state index is 0.119. The molecule has 8 heteroatoms. The predicted molar refractivity (Wildman–Crippen MR) is 239 cm³/mol. The first-order chi connectivity index (χ1) is 25.8. The van der Waals surface area contributed by atoms with Crippen LogP contribution < -0.4 is 10.6 Å². The van der Waals surface area contributed by atoms with E-state index in [4.69, 9.17) is 18.9 Å². The van der Waals surface area contributed by atoms with Crippen molar-refractivity contribution in [3.05, 3.63) is 0 Å². The molecule has 2 amide bonds. The van der Waals surface area contributed by atoms with Crippen LogP contribution in [0.15, 0.2) is 0 Å². The highest BCUT2D eigenvalue weighted by Crippen LogP contribution is 2.08. The molecule has 8 nitrogen and oxygen atoms in total. The summed E-state index contributed by atoms with van der Waals surface area (Å²) in [4.78, 5) is 22.5. The number of carbonyl (C=O) groups excluding carboxylic acids is 2. The lowest BCUT2D eigenvalue weighted by Gasteiger charge is -2.08. The topological polar surface area (TPSA) is 95.1 Å². The van der Waals surface area contributed by atoms with Crippen LogP contribution in [0, 0.1) is 47.3 Å². The molecule has 334 valence electrons. The minimum absolute atomic E-state index is 0.119.